The van der Waals surface area contributed by atoms with Crippen molar-refractivity contribution in [2.24, 2.45) is 11.8 Å². The quantitative estimate of drug-likeness (QED) is 0.487. The van der Waals surface area contributed by atoms with Gasteiger partial charge in [0.1, 0.15) is 17.4 Å². The van der Waals surface area contributed by atoms with Gasteiger partial charge in [-0.15, -0.1) is 6.42 Å². The molecule has 2 fully saturated rings. The van der Waals surface area contributed by atoms with Gasteiger partial charge in [0.05, 0.1) is 33.1 Å². The number of fused-ring (bicyclic) bond motifs is 1. The van der Waals surface area contributed by atoms with Crippen LogP contribution in [0.5, 0.6) is 0 Å². The number of amides is 1. The summed E-state index contributed by atoms with van der Waals surface area (Å²) in [5, 5.41) is 3.07. The Kier molecular flexibility index (Phi) is 6.18. The zero-order valence-electron chi connectivity index (χ0n) is 18.4. The molecule has 1 N–H and O–H groups in total. The highest BCUT2D eigenvalue weighted by atomic mass is 35.5. The number of hydrogen-bond donors (Lipinski definition) is 1. The van der Waals surface area contributed by atoms with Gasteiger partial charge in [0, 0.05) is 48.9 Å². The Hall–Kier alpha value is -3.47. The van der Waals surface area contributed by atoms with Crippen LogP contribution in [-0.4, -0.2) is 34.7 Å². The molecule has 2 atom stereocenters. The summed E-state index contributed by atoms with van der Waals surface area (Å²) in [4.78, 5) is 35.3. The fraction of sp³-hybridized carbons (Fsp3) is 0.231. The fourth-order valence-corrected chi connectivity index (χ4v) is 5.35. The Bertz CT molecular complexity index is 1400. The summed E-state index contributed by atoms with van der Waals surface area (Å²) >= 11 is 12.8. The van der Waals surface area contributed by atoms with Crippen molar-refractivity contribution in [3.8, 4) is 23.5 Å². The molecule has 2 aromatic heterocycles. The summed E-state index contributed by atoms with van der Waals surface area (Å²) in [6.07, 6.45) is 11.5. The van der Waals surface area contributed by atoms with E-state index in [9.17, 15) is 14.0 Å². The molecular weight excluding hydrogens is 490 g/mol. The van der Waals surface area contributed by atoms with E-state index in [0.717, 1.165) is 19.0 Å². The van der Waals surface area contributed by atoms with E-state index in [4.69, 9.17) is 29.6 Å². The second-order valence-corrected chi connectivity index (χ2v) is 9.45. The Balaban J connectivity index is 1.35. The average molecular weight is 509 g/mol. The van der Waals surface area contributed by atoms with Gasteiger partial charge in [-0.1, -0.05) is 29.1 Å². The predicted molar refractivity (Wildman–Crippen MR) is 133 cm³/mol. The van der Waals surface area contributed by atoms with Crippen LogP contribution in [0.25, 0.3) is 11.1 Å². The lowest BCUT2D eigenvalue weighted by Crippen LogP contribution is -2.24. The molecule has 35 heavy (non-hydrogen) atoms. The van der Waals surface area contributed by atoms with Crippen molar-refractivity contribution in [2.45, 2.75) is 12.8 Å². The summed E-state index contributed by atoms with van der Waals surface area (Å²) in [6.45, 7) is 1.33. The normalized spacial score (nSPS) is 18.9. The summed E-state index contributed by atoms with van der Waals surface area (Å²) in [5.74, 6) is 2.45. The molecule has 1 aliphatic heterocycles. The van der Waals surface area contributed by atoms with Gasteiger partial charge in [0.25, 0.3) is 5.91 Å². The summed E-state index contributed by atoms with van der Waals surface area (Å²) < 4.78 is 15.0. The Morgan fingerprint density at radius 1 is 1.17 bits per heavy atom. The van der Waals surface area contributed by atoms with Gasteiger partial charge in [-0.25, -0.2) is 9.37 Å². The molecule has 1 aliphatic carbocycles. The van der Waals surface area contributed by atoms with E-state index in [0.29, 0.717) is 52.3 Å². The minimum Gasteiger partial charge on any atom is -0.354 e. The lowest BCUT2D eigenvalue weighted by molar-refractivity contribution is -0.120. The molecule has 3 aromatic rings. The number of nitrogens with zero attached hydrogens (tertiary/aromatic N) is 3. The lowest BCUT2D eigenvalue weighted by atomic mass is 10.00. The molecule has 0 radical (unpaired) electrons. The highest BCUT2D eigenvalue weighted by Gasteiger charge is 2.42. The van der Waals surface area contributed by atoms with Crippen LogP contribution < -0.4 is 10.2 Å². The van der Waals surface area contributed by atoms with Gasteiger partial charge in [-0.2, -0.15) is 0 Å². The topological polar surface area (TPSA) is 75.2 Å². The lowest BCUT2D eigenvalue weighted by Gasteiger charge is -2.20. The number of hydrogen-bond acceptors (Lipinski definition) is 5. The predicted octanol–water partition coefficient (Wildman–Crippen LogP) is 5.24. The van der Waals surface area contributed by atoms with Gasteiger partial charge in [0.15, 0.2) is 0 Å². The maximum absolute atomic E-state index is 15.0. The molecular formula is C26H19Cl2FN4O2. The third kappa shape index (κ3) is 4.36. The molecule has 3 heterocycles. The highest BCUT2D eigenvalue weighted by Crippen LogP contribution is 2.39. The van der Waals surface area contributed by atoms with E-state index in [1.54, 1.807) is 12.1 Å². The van der Waals surface area contributed by atoms with Crippen LogP contribution in [-0.2, 0) is 4.79 Å². The first-order valence-electron chi connectivity index (χ1n) is 11.0. The molecule has 2 aliphatic rings. The van der Waals surface area contributed by atoms with Crippen LogP contribution in [0.1, 0.15) is 28.8 Å². The van der Waals surface area contributed by atoms with Crippen LogP contribution in [0.4, 0.5) is 15.9 Å². The Morgan fingerprint density at radius 3 is 2.74 bits per heavy atom. The molecule has 1 saturated heterocycles. The zero-order valence-corrected chi connectivity index (χ0v) is 19.9. The van der Waals surface area contributed by atoms with Gasteiger partial charge in [-0.3, -0.25) is 14.6 Å². The van der Waals surface area contributed by atoms with E-state index in [1.807, 2.05) is 4.90 Å². The summed E-state index contributed by atoms with van der Waals surface area (Å²) in [7, 11) is 0. The number of aromatic nitrogens is 2. The number of carbonyl (C=O) groups excluding carboxylic acids is 2. The molecule has 5 rings (SSSR count). The smallest absolute Gasteiger partial charge is 0.257 e. The number of ketones is 1. The first-order valence-corrected chi connectivity index (χ1v) is 11.8. The zero-order chi connectivity index (χ0) is 24.7. The van der Waals surface area contributed by atoms with Crippen LogP contribution in [0, 0.1) is 30.0 Å². The van der Waals surface area contributed by atoms with Crippen LogP contribution in [0.3, 0.4) is 0 Å². The number of carbonyl (C=O) groups is 2. The fourth-order valence-electron chi connectivity index (χ4n) is 4.82. The van der Waals surface area contributed by atoms with Gasteiger partial charge < -0.3 is 10.2 Å². The van der Waals surface area contributed by atoms with E-state index in [1.165, 1.54) is 24.7 Å². The van der Waals surface area contributed by atoms with Crippen molar-refractivity contribution in [1.82, 2.24) is 9.97 Å². The van der Waals surface area contributed by atoms with E-state index in [-0.39, 0.29) is 22.1 Å². The van der Waals surface area contributed by atoms with E-state index < -0.39 is 11.7 Å². The molecule has 176 valence electrons. The molecule has 1 amide bonds. The van der Waals surface area contributed by atoms with Gasteiger partial charge in [-0.05, 0) is 36.6 Å². The second kappa shape index (κ2) is 9.29. The number of halogens is 3. The number of terminal acetylenes is 1. The monoisotopic (exact) mass is 508 g/mol. The average Bonchev–Trinajstić information content (AvgIpc) is 3.42. The Morgan fingerprint density at radius 2 is 2.00 bits per heavy atom. The number of benzene rings is 1. The van der Waals surface area contributed by atoms with Gasteiger partial charge >= 0.3 is 0 Å². The third-order valence-electron chi connectivity index (χ3n) is 6.56. The number of Topliss-reactive ketones (excluding diaryl/α,β-unsaturated/α-hetero) is 1. The molecule has 1 aromatic carbocycles. The van der Waals surface area contributed by atoms with Crippen molar-refractivity contribution < 1.29 is 14.0 Å². The number of pyridine rings is 2. The number of nitrogens with one attached hydrogen (secondary N) is 1. The third-order valence-corrected chi connectivity index (χ3v) is 7.15. The number of anilines is 2. The molecule has 0 spiro atoms. The van der Waals surface area contributed by atoms with Crippen molar-refractivity contribution in [3.63, 3.8) is 0 Å². The molecule has 9 heteroatoms. The minimum atomic E-state index is -0.650. The van der Waals surface area contributed by atoms with E-state index in [2.05, 4.69) is 21.2 Å². The summed E-state index contributed by atoms with van der Waals surface area (Å²) in [6, 6.07) is 5.59. The van der Waals surface area contributed by atoms with Crippen LogP contribution in [0.2, 0.25) is 10.0 Å². The minimum absolute atomic E-state index is 0.0381. The first kappa shape index (κ1) is 23.3. The molecule has 1 saturated carbocycles. The van der Waals surface area contributed by atoms with E-state index >= 15 is 0 Å². The van der Waals surface area contributed by atoms with Crippen LogP contribution >= 0.6 is 23.2 Å². The standard InChI is InChI=1S/C26H19Cl2FN4O2/c1-2-14-10-30-6-5-17(14)18-8-21(27)19(9-23(18)29)26(35)32-16-7-22(28)25(31-11-16)33-12-15-3-4-24(34)20(15)13-33/h1,5-11,15,20H,3-4,12-13H2,(H,32,35). The van der Waals surface area contributed by atoms with Crippen molar-refractivity contribution >= 4 is 46.4 Å². The number of rotatable bonds is 4. The maximum atomic E-state index is 15.0. The highest BCUT2D eigenvalue weighted by molar-refractivity contribution is 6.35. The summed E-state index contributed by atoms with van der Waals surface area (Å²) in [5.41, 5.74) is 1.32. The molecule has 6 nitrogen and oxygen atoms in total. The van der Waals surface area contributed by atoms with Crippen molar-refractivity contribution in [3.05, 3.63) is 69.8 Å². The first-order chi connectivity index (χ1) is 16.9. The largest absolute Gasteiger partial charge is 0.354 e. The second-order valence-electron chi connectivity index (χ2n) is 8.64. The Labute approximate surface area is 211 Å². The molecule has 0 bridgehead atoms. The SMILES string of the molecule is C#Cc1cnccc1-c1cc(Cl)c(C(=O)Nc2cnc(N3CC4CCC(=O)C4C3)c(Cl)c2)cc1F. The van der Waals surface area contributed by atoms with Crippen molar-refractivity contribution in [2.75, 3.05) is 23.3 Å². The van der Waals surface area contributed by atoms with Crippen molar-refractivity contribution in [1.29, 1.82) is 0 Å². The van der Waals surface area contributed by atoms with Gasteiger partial charge in [0.2, 0.25) is 0 Å². The maximum Gasteiger partial charge on any atom is 0.257 e. The molecule has 2 unspecified atom stereocenters. The van der Waals surface area contributed by atoms with Crippen LogP contribution in [0.15, 0.2) is 42.9 Å².